The fourth-order valence-electron chi connectivity index (χ4n) is 2.59. The summed E-state index contributed by atoms with van der Waals surface area (Å²) < 4.78 is 0. The van der Waals surface area contributed by atoms with Crippen molar-refractivity contribution in [3.05, 3.63) is 0 Å². The third-order valence-electron chi connectivity index (χ3n) is 3.79. The topological polar surface area (TPSA) is 37.3 Å². The van der Waals surface area contributed by atoms with Gasteiger partial charge in [-0.2, -0.15) is 0 Å². The van der Waals surface area contributed by atoms with Gasteiger partial charge in [0.1, 0.15) is 0 Å². The van der Waals surface area contributed by atoms with Gasteiger partial charge in [-0.3, -0.25) is 4.79 Å². The fourth-order valence-corrected chi connectivity index (χ4v) is 2.59. The molecule has 1 aliphatic rings. The molecule has 0 aromatic carbocycles. The Morgan fingerprint density at radius 3 is 2.36 bits per heavy atom. The summed E-state index contributed by atoms with van der Waals surface area (Å²) in [4.78, 5) is 10.6. The van der Waals surface area contributed by atoms with Crippen molar-refractivity contribution in [3.8, 4) is 0 Å². The molecule has 1 saturated carbocycles. The Morgan fingerprint density at radius 1 is 1.29 bits per heavy atom. The average molecular weight is 198 g/mol. The zero-order valence-corrected chi connectivity index (χ0v) is 9.33. The molecule has 14 heavy (non-hydrogen) atoms. The molecule has 0 aromatic heterocycles. The molecule has 1 aliphatic carbocycles. The van der Waals surface area contributed by atoms with Gasteiger partial charge >= 0.3 is 5.97 Å². The van der Waals surface area contributed by atoms with Crippen LogP contribution in [0.2, 0.25) is 0 Å². The quantitative estimate of drug-likeness (QED) is 0.752. The molecule has 0 bridgehead atoms. The summed E-state index contributed by atoms with van der Waals surface area (Å²) in [7, 11) is 0. The maximum atomic E-state index is 10.6. The van der Waals surface area contributed by atoms with Gasteiger partial charge in [0, 0.05) is 6.42 Å². The zero-order valence-electron chi connectivity index (χ0n) is 9.33. The van der Waals surface area contributed by atoms with E-state index in [4.69, 9.17) is 5.11 Å². The van der Waals surface area contributed by atoms with E-state index >= 15 is 0 Å². The van der Waals surface area contributed by atoms with Crippen LogP contribution < -0.4 is 0 Å². The molecule has 2 heteroatoms. The van der Waals surface area contributed by atoms with E-state index < -0.39 is 5.97 Å². The van der Waals surface area contributed by atoms with Gasteiger partial charge in [-0.05, 0) is 17.8 Å². The van der Waals surface area contributed by atoms with Crippen LogP contribution in [0.5, 0.6) is 0 Å². The van der Waals surface area contributed by atoms with Crippen molar-refractivity contribution in [2.45, 2.75) is 52.4 Å². The first kappa shape index (κ1) is 11.5. The molecular weight excluding hydrogens is 176 g/mol. The first-order chi connectivity index (χ1) is 6.61. The van der Waals surface area contributed by atoms with Crippen molar-refractivity contribution in [3.63, 3.8) is 0 Å². The maximum absolute atomic E-state index is 10.6. The van der Waals surface area contributed by atoms with Crippen molar-refractivity contribution >= 4 is 5.97 Å². The van der Waals surface area contributed by atoms with E-state index in [1.54, 1.807) is 0 Å². The monoisotopic (exact) mass is 198 g/mol. The summed E-state index contributed by atoms with van der Waals surface area (Å²) in [5.41, 5.74) is 0. The Morgan fingerprint density at radius 2 is 1.86 bits per heavy atom. The predicted octanol–water partition coefficient (Wildman–Crippen LogP) is 3.31. The van der Waals surface area contributed by atoms with Crippen LogP contribution in [-0.2, 0) is 4.79 Å². The standard InChI is InChI=1S/C12H22O2/c1-9(8-12(13)14)10(2)11-6-4-3-5-7-11/h9-11H,3-8H2,1-2H3,(H,13,14). The van der Waals surface area contributed by atoms with Crippen LogP contribution in [0, 0.1) is 17.8 Å². The molecule has 1 fully saturated rings. The van der Waals surface area contributed by atoms with Crippen molar-refractivity contribution < 1.29 is 9.90 Å². The Labute approximate surface area is 86.7 Å². The zero-order chi connectivity index (χ0) is 10.6. The van der Waals surface area contributed by atoms with E-state index in [1.165, 1.54) is 32.1 Å². The van der Waals surface area contributed by atoms with E-state index in [2.05, 4.69) is 13.8 Å². The number of carboxylic acid groups (broad SMARTS) is 1. The summed E-state index contributed by atoms with van der Waals surface area (Å²) >= 11 is 0. The Kier molecular flexibility index (Phi) is 4.43. The van der Waals surface area contributed by atoms with E-state index in [9.17, 15) is 4.79 Å². The van der Waals surface area contributed by atoms with Gasteiger partial charge in [0.15, 0.2) is 0 Å². The lowest BCUT2D eigenvalue weighted by Gasteiger charge is -2.31. The summed E-state index contributed by atoms with van der Waals surface area (Å²) in [5.74, 6) is 1.03. The lowest BCUT2D eigenvalue weighted by molar-refractivity contribution is -0.138. The fraction of sp³-hybridized carbons (Fsp3) is 0.917. The van der Waals surface area contributed by atoms with Crippen LogP contribution in [0.3, 0.4) is 0 Å². The SMILES string of the molecule is CC(CC(=O)O)C(C)C1CCCCC1. The van der Waals surface area contributed by atoms with Crippen molar-refractivity contribution in [2.75, 3.05) is 0 Å². The van der Waals surface area contributed by atoms with E-state index in [0.29, 0.717) is 18.3 Å². The molecule has 2 atom stereocenters. The molecule has 82 valence electrons. The van der Waals surface area contributed by atoms with E-state index in [0.717, 1.165) is 5.92 Å². The molecule has 1 N–H and O–H groups in total. The van der Waals surface area contributed by atoms with Crippen LogP contribution >= 0.6 is 0 Å². The molecule has 0 aromatic rings. The normalized spacial score (nSPS) is 23.0. The highest BCUT2D eigenvalue weighted by Gasteiger charge is 2.25. The molecule has 0 aliphatic heterocycles. The molecule has 2 nitrogen and oxygen atoms in total. The summed E-state index contributed by atoms with van der Waals surface area (Å²) in [5, 5.41) is 8.73. The number of carboxylic acids is 1. The van der Waals surface area contributed by atoms with Crippen LogP contribution in [0.1, 0.15) is 52.4 Å². The Balaban J connectivity index is 2.37. The van der Waals surface area contributed by atoms with E-state index in [-0.39, 0.29) is 0 Å². The lowest BCUT2D eigenvalue weighted by Crippen LogP contribution is -2.23. The van der Waals surface area contributed by atoms with Crippen LogP contribution in [0.25, 0.3) is 0 Å². The second kappa shape index (κ2) is 5.38. The van der Waals surface area contributed by atoms with Gasteiger partial charge in [0.2, 0.25) is 0 Å². The number of aliphatic carboxylic acids is 1. The number of hydrogen-bond donors (Lipinski definition) is 1. The molecule has 0 amide bonds. The molecular formula is C12H22O2. The largest absolute Gasteiger partial charge is 0.481 e. The van der Waals surface area contributed by atoms with Crippen molar-refractivity contribution in [2.24, 2.45) is 17.8 Å². The minimum Gasteiger partial charge on any atom is -0.481 e. The van der Waals surface area contributed by atoms with Gasteiger partial charge in [0.25, 0.3) is 0 Å². The molecule has 0 radical (unpaired) electrons. The summed E-state index contributed by atoms with van der Waals surface area (Å²) in [6, 6.07) is 0. The molecule has 0 heterocycles. The maximum Gasteiger partial charge on any atom is 0.303 e. The third-order valence-corrected chi connectivity index (χ3v) is 3.79. The lowest BCUT2D eigenvalue weighted by atomic mass is 9.75. The van der Waals surface area contributed by atoms with Gasteiger partial charge in [-0.25, -0.2) is 0 Å². The van der Waals surface area contributed by atoms with Crippen LogP contribution in [0.15, 0.2) is 0 Å². The van der Waals surface area contributed by atoms with Gasteiger partial charge in [0.05, 0.1) is 0 Å². The van der Waals surface area contributed by atoms with Gasteiger partial charge in [-0.1, -0.05) is 46.0 Å². The van der Waals surface area contributed by atoms with Crippen molar-refractivity contribution in [1.29, 1.82) is 0 Å². The highest BCUT2D eigenvalue weighted by atomic mass is 16.4. The predicted molar refractivity (Wildman–Crippen MR) is 57.2 cm³/mol. The second-order valence-corrected chi connectivity index (χ2v) is 4.83. The molecule has 0 spiro atoms. The minimum atomic E-state index is -0.653. The molecule has 2 unspecified atom stereocenters. The first-order valence-electron chi connectivity index (χ1n) is 5.83. The first-order valence-corrected chi connectivity index (χ1v) is 5.83. The van der Waals surface area contributed by atoms with Gasteiger partial charge in [-0.15, -0.1) is 0 Å². The third kappa shape index (κ3) is 3.32. The Bertz CT molecular complexity index is 183. The van der Waals surface area contributed by atoms with Crippen LogP contribution in [0.4, 0.5) is 0 Å². The average Bonchev–Trinajstić information content (AvgIpc) is 2.17. The van der Waals surface area contributed by atoms with Crippen LogP contribution in [-0.4, -0.2) is 11.1 Å². The Hall–Kier alpha value is -0.530. The number of rotatable bonds is 4. The molecule has 0 saturated heterocycles. The smallest absolute Gasteiger partial charge is 0.303 e. The van der Waals surface area contributed by atoms with Crippen molar-refractivity contribution in [1.82, 2.24) is 0 Å². The highest BCUT2D eigenvalue weighted by molar-refractivity contribution is 5.66. The highest BCUT2D eigenvalue weighted by Crippen LogP contribution is 2.34. The summed E-state index contributed by atoms with van der Waals surface area (Å²) in [6.45, 7) is 4.30. The minimum absolute atomic E-state index is 0.329. The second-order valence-electron chi connectivity index (χ2n) is 4.83. The van der Waals surface area contributed by atoms with E-state index in [1.807, 2.05) is 0 Å². The van der Waals surface area contributed by atoms with Gasteiger partial charge < -0.3 is 5.11 Å². The summed E-state index contributed by atoms with van der Waals surface area (Å²) in [6.07, 6.45) is 7.01. The molecule has 1 rings (SSSR count). The number of carbonyl (C=O) groups is 1. The number of hydrogen-bond acceptors (Lipinski definition) is 1.